The Bertz CT molecular complexity index is 1290. The minimum absolute atomic E-state index is 0.239. The molecule has 1 aromatic heterocycles. The van der Waals surface area contributed by atoms with Crippen LogP contribution in [0.1, 0.15) is 43.7 Å². The van der Waals surface area contributed by atoms with Crippen molar-refractivity contribution in [2.45, 2.75) is 52.5 Å². The SMILES string of the molecule is COc1cc2nccc(Oc3cc(C)c(N(S)C(=O)NCCCN4CCCCC4C)cc3C)c2cc1OC. The van der Waals surface area contributed by atoms with Gasteiger partial charge < -0.3 is 24.4 Å². The number of carbonyl (C=O) groups is 1. The van der Waals surface area contributed by atoms with E-state index in [1.54, 1.807) is 20.4 Å². The van der Waals surface area contributed by atoms with E-state index >= 15 is 0 Å². The second-order valence-corrected chi connectivity index (χ2v) is 10.2. The Kier molecular flexibility index (Phi) is 9.22. The summed E-state index contributed by atoms with van der Waals surface area (Å²) in [7, 11) is 3.19. The van der Waals surface area contributed by atoms with Gasteiger partial charge in [-0.15, -0.1) is 0 Å². The maximum atomic E-state index is 12.8. The second-order valence-electron chi connectivity index (χ2n) is 9.82. The highest BCUT2D eigenvalue weighted by molar-refractivity contribution is 7.82. The number of piperidine rings is 1. The molecule has 0 spiro atoms. The van der Waals surface area contributed by atoms with E-state index in [1.165, 1.54) is 23.6 Å². The Morgan fingerprint density at radius 1 is 1.08 bits per heavy atom. The number of nitrogens with zero attached hydrogens (tertiary/aromatic N) is 3. The first-order valence-electron chi connectivity index (χ1n) is 13.1. The number of thiol groups is 1. The van der Waals surface area contributed by atoms with E-state index in [0.29, 0.717) is 41.3 Å². The highest BCUT2D eigenvalue weighted by atomic mass is 32.1. The van der Waals surface area contributed by atoms with Crippen molar-refractivity contribution in [3.8, 4) is 23.0 Å². The van der Waals surface area contributed by atoms with Crippen molar-refractivity contribution >= 4 is 35.4 Å². The Balaban J connectivity index is 1.43. The number of aryl methyl sites for hydroxylation is 2. The molecule has 1 N–H and O–H groups in total. The molecule has 0 bridgehead atoms. The zero-order valence-electron chi connectivity index (χ0n) is 22.9. The maximum Gasteiger partial charge on any atom is 0.331 e. The van der Waals surface area contributed by atoms with Crippen molar-refractivity contribution in [3.05, 3.63) is 47.7 Å². The van der Waals surface area contributed by atoms with Crippen LogP contribution in [0.2, 0.25) is 0 Å². The standard InChI is InChI=1S/C29H38N4O4S/c1-19-16-26(37-25-10-12-30-23-18-28(36-5)27(35-4)17-22(23)25)20(2)15-24(19)33(38)29(34)31-11-8-14-32-13-7-6-9-21(32)3/h10,12,15-18,21,38H,6-9,11,13-14H2,1-5H3,(H,31,34). The number of methoxy groups -OCH3 is 2. The average molecular weight is 539 g/mol. The molecule has 2 heterocycles. The fraction of sp³-hybridized carbons (Fsp3) is 0.448. The Labute approximate surface area is 230 Å². The molecule has 4 rings (SSSR count). The van der Waals surface area contributed by atoms with Gasteiger partial charge in [-0.05, 0) is 82.0 Å². The smallest absolute Gasteiger partial charge is 0.331 e. The number of benzene rings is 2. The lowest BCUT2D eigenvalue weighted by Crippen LogP contribution is -2.40. The zero-order chi connectivity index (χ0) is 27.2. The van der Waals surface area contributed by atoms with E-state index in [9.17, 15) is 4.79 Å². The van der Waals surface area contributed by atoms with Crippen LogP contribution in [0.25, 0.3) is 10.9 Å². The van der Waals surface area contributed by atoms with Crippen LogP contribution in [0.5, 0.6) is 23.0 Å². The van der Waals surface area contributed by atoms with Crippen molar-refractivity contribution in [1.29, 1.82) is 0 Å². The van der Waals surface area contributed by atoms with Crippen molar-refractivity contribution in [3.63, 3.8) is 0 Å². The number of ether oxygens (including phenoxy) is 3. The predicted octanol–water partition coefficient (Wildman–Crippen LogP) is 6.29. The second kappa shape index (κ2) is 12.6. The predicted molar refractivity (Wildman–Crippen MR) is 155 cm³/mol. The number of nitrogens with one attached hydrogen (secondary N) is 1. The molecule has 1 aliphatic rings. The molecule has 1 aliphatic heterocycles. The number of amides is 2. The monoisotopic (exact) mass is 538 g/mol. The maximum absolute atomic E-state index is 12.8. The Morgan fingerprint density at radius 2 is 1.84 bits per heavy atom. The first kappa shape index (κ1) is 27.9. The molecular weight excluding hydrogens is 500 g/mol. The van der Waals surface area contributed by atoms with Crippen LogP contribution in [0.3, 0.4) is 0 Å². The van der Waals surface area contributed by atoms with Crippen molar-refractivity contribution < 1.29 is 19.0 Å². The number of hydrogen-bond donors (Lipinski definition) is 2. The topological polar surface area (TPSA) is 76.2 Å². The van der Waals surface area contributed by atoms with Gasteiger partial charge in [-0.25, -0.2) is 9.10 Å². The normalized spacial score (nSPS) is 15.8. The summed E-state index contributed by atoms with van der Waals surface area (Å²) in [5, 5.41) is 3.81. The van der Waals surface area contributed by atoms with Gasteiger partial charge in [0, 0.05) is 36.8 Å². The molecule has 0 radical (unpaired) electrons. The fourth-order valence-corrected chi connectivity index (χ4v) is 5.21. The van der Waals surface area contributed by atoms with E-state index in [1.807, 2.05) is 44.2 Å². The zero-order valence-corrected chi connectivity index (χ0v) is 23.8. The lowest BCUT2D eigenvalue weighted by molar-refractivity contribution is 0.159. The van der Waals surface area contributed by atoms with Gasteiger partial charge in [-0.2, -0.15) is 0 Å². The molecule has 1 atom stereocenters. The van der Waals surface area contributed by atoms with Crippen molar-refractivity contribution in [1.82, 2.24) is 15.2 Å². The van der Waals surface area contributed by atoms with Gasteiger partial charge in [0.1, 0.15) is 11.5 Å². The summed E-state index contributed by atoms with van der Waals surface area (Å²) in [6.45, 7) is 8.94. The molecule has 2 aromatic carbocycles. The van der Waals surface area contributed by atoms with Gasteiger partial charge in [-0.1, -0.05) is 19.2 Å². The van der Waals surface area contributed by atoms with Gasteiger partial charge >= 0.3 is 6.03 Å². The van der Waals surface area contributed by atoms with E-state index in [2.05, 4.69) is 34.9 Å². The van der Waals surface area contributed by atoms with E-state index in [-0.39, 0.29) is 6.03 Å². The average Bonchev–Trinajstić information content (AvgIpc) is 2.92. The highest BCUT2D eigenvalue weighted by Gasteiger charge is 2.19. The summed E-state index contributed by atoms with van der Waals surface area (Å²) >= 11 is 4.51. The number of likely N-dealkylation sites (tertiary alicyclic amines) is 1. The van der Waals surface area contributed by atoms with E-state index in [0.717, 1.165) is 41.5 Å². The Morgan fingerprint density at radius 3 is 2.58 bits per heavy atom. The number of aromatic nitrogens is 1. The number of carbonyl (C=O) groups excluding carboxylic acids is 1. The fourth-order valence-electron chi connectivity index (χ4n) is 4.92. The molecule has 1 saturated heterocycles. The first-order chi connectivity index (χ1) is 18.3. The summed E-state index contributed by atoms with van der Waals surface area (Å²) in [4.78, 5) is 19.8. The van der Waals surface area contributed by atoms with Crippen LogP contribution >= 0.6 is 12.8 Å². The van der Waals surface area contributed by atoms with Crippen LogP contribution in [-0.4, -0.2) is 55.8 Å². The minimum atomic E-state index is -0.239. The first-order valence-corrected chi connectivity index (χ1v) is 13.5. The molecule has 0 saturated carbocycles. The number of hydrogen-bond acceptors (Lipinski definition) is 7. The van der Waals surface area contributed by atoms with Crippen molar-refractivity contribution in [2.24, 2.45) is 0 Å². The molecular formula is C29H38N4O4S. The molecule has 2 amide bonds. The number of pyridine rings is 1. The van der Waals surface area contributed by atoms with Crippen molar-refractivity contribution in [2.75, 3.05) is 38.2 Å². The molecule has 9 heteroatoms. The van der Waals surface area contributed by atoms with Crippen LogP contribution in [0, 0.1) is 13.8 Å². The summed E-state index contributed by atoms with van der Waals surface area (Å²) in [6, 6.07) is 9.73. The summed E-state index contributed by atoms with van der Waals surface area (Å²) in [6.07, 6.45) is 6.45. The number of rotatable bonds is 9. The van der Waals surface area contributed by atoms with Crippen LogP contribution in [0.15, 0.2) is 36.5 Å². The third-order valence-corrected chi connectivity index (χ3v) is 7.58. The summed E-state index contributed by atoms with van der Waals surface area (Å²) < 4.78 is 18.6. The molecule has 0 aliphatic carbocycles. The largest absolute Gasteiger partial charge is 0.493 e. The lowest BCUT2D eigenvalue weighted by atomic mass is 10.0. The van der Waals surface area contributed by atoms with E-state index in [4.69, 9.17) is 14.2 Å². The molecule has 1 unspecified atom stereocenters. The molecule has 1 fully saturated rings. The lowest BCUT2D eigenvalue weighted by Gasteiger charge is -2.33. The van der Waals surface area contributed by atoms with Gasteiger partial charge in [0.15, 0.2) is 11.5 Å². The molecule has 8 nitrogen and oxygen atoms in total. The summed E-state index contributed by atoms with van der Waals surface area (Å²) in [5.74, 6) is 2.54. The quantitative estimate of drug-likeness (QED) is 0.246. The van der Waals surface area contributed by atoms with Crippen LogP contribution in [0.4, 0.5) is 10.5 Å². The van der Waals surface area contributed by atoms with Gasteiger partial charge in [0.2, 0.25) is 0 Å². The number of urea groups is 1. The minimum Gasteiger partial charge on any atom is -0.493 e. The van der Waals surface area contributed by atoms with E-state index < -0.39 is 0 Å². The molecule has 38 heavy (non-hydrogen) atoms. The number of anilines is 1. The third-order valence-electron chi connectivity index (χ3n) is 7.18. The van der Waals surface area contributed by atoms with Crippen LogP contribution < -0.4 is 23.8 Å². The molecule has 204 valence electrons. The van der Waals surface area contributed by atoms with Crippen LogP contribution in [-0.2, 0) is 0 Å². The van der Waals surface area contributed by atoms with Gasteiger partial charge in [0.05, 0.1) is 25.4 Å². The third kappa shape index (κ3) is 6.27. The number of fused-ring (bicyclic) bond motifs is 1. The Hall–Kier alpha value is -3.17. The van der Waals surface area contributed by atoms with Gasteiger partial charge in [-0.3, -0.25) is 4.98 Å². The highest BCUT2D eigenvalue weighted by Crippen LogP contribution is 2.38. The summed E-state index contributed by atoms with van der Waals surface area (Å²) in [5.41, 5.74) is 3.20. The van der Waals surface area contributed by atoms with Gasteiger partial charge in [0.25, 0.3) is 0 Å². The molecule has 3 aromatic rings.